The van der Waals surface area contributed by atoms with Gasteiger partial charge in [-0.3, -0.25) is 4.79 Å². The van der Waals surface area contributed by atoms with Crippen molar-refractivity contribution < 1.29 is 4.79 Å². The number of H-pyrrole nitrogens is 1. The maximum Gasteiger partial charge on any atom is 0.252 e. The molecule has 150 valence electrons. The molecule has 0 radical (unpaired) electrons. The third kappa shape index (κ3) is 3.67. The van der Waals surface area contributed by atoms with E-state index < -0.39 is 0 Å². The number of aromatic amines is 1. The van der Waals surface area contributed by atoms with E-state index in [1.54, 1.807) is 0 Å². The number of aromatic nitrogens is 1. The highest BCUT2D eigenvalue weighted by atomic mass is 35.5. The number of nitrogens with one attached hydrogen (secondary N) is 3. The quantitative estimate of drug-likeness (QED) is 0.530. The van der Waals surface area contributed by atoms with Gasteiger partial charge in [0, 0.05) is 45.8 Å². The highest BCUT2D eigenvalue weighted by molar-refractivity contribution is 6.32. The standard InChI is InChI=1S/C24H26ClN3O/c25-20-8-7-18(23-19(20)14-27-24(23)29)22-11-17-10-16(6-9-21(17)28-22)13-26-12-15-4-2-1-3-5-15/h6-11,15,26,28H,1-5,12-14H2,(H,27,29). The Balaban J connectivity index is 1.36. The first kappa shape index (κ1) is 18.7. The van der Waals surface area contributed by atoms with Gasteiger partial charge in [0.25, 0.3) is 5.91 Å². The van der Waals surface area contributed by atoms with Crippen LogP contribution in [0.1, 0.15) is 53.6 Å². The maximum atomic E-state index is 12.3. The Bertz CT molecular complexity index is 1070. The van der Waals surface area contributed by atoms with E-state index in [4.69, 9.17) is 11.6 Å². The van der Waals surface area contributed by atoms with Gasteiger partial charge >= 0.3 is 0 Å². The SMILES string of the molecule is O=C1NCc2c(Cl)ccc(-c3cc4cc(CNCC5CCCCC5)ccc4[nH]3)c21. The van der Waals surface area contributed by atoms with Gasteiger partial charge in [0.05, 0.1) is 5.56 Å². The van der Waals surface area contributed by atoms with Gasteiger partial charge in [0.15, 0.2) is 0 Å². The van der Waals surface area contributed by atoms with Crippen LogP contribution in [0.4, 0.5) is 0 Å². The second kappa shape index (κ2) is 7.85. The zero-order valence-electron chi connectivity index (χ0n) is 16.5. The number of rotatable bonds is 5. The molecule has 3 N–H and O–H groups in total. The van der Waals surface area contributed by atoms with Crippen molar-refractivity contribution in [1.29, 1.82) is 0 Å². The van der Waals surface area contributed by atoms with Gasteiger partial charge in [0.2, 0.25) is 0 Å². The minimum absolute atomic E-state index is 0.0521. The molecule has 1 fully saturated rings. The van der Waals surface area contributed by atoms with Crippen LogP contribution < -0.4 is 10.6 Å². The summed E-state index contributed by atoms with van der Waals surface area (Å²) >= 11 is 6.29. The lowest BCUT2D eigenvalue weighted by atomic mass is 9.89. The first-order chi connectivity index (χ1) is 14.2. The monoisotopic (exact) mass is 407 g/mol. The molecule has 0 saturated heterocycles. The topological polar surface area (TPSA) is 56.9 Å². The molecule has 5 rings (SSSR count). The van der Waals surface area contributed by atoms with Crippen molar-refractivity contribution in [3.8, 4) is 11.3 Å². The summed E-state index contributed by atoms with van der Waals surface area (Å²) in [7, 11) is 0. The zero-order chi connectivity index (χ0) is 19.8. The van der Waals surface area contributed by atoms with Crippen LogP contribution in [0.2, 0.25) is 5.02 Å². The zero-order valence-corrected chi connectivity index (χ0v) is 17.2. The van der Waals surface area contributed by atoms with E-state index in [1.807, 2.05) is 12.1 Å². The molecule has 0 atom stereocenters. The summed E-state index contributed by atoms with van der Waals surface area (Å²) < 4.78 is 0. The third-order valence-corrected chi connectivity index (χ3v) is 6.72. The molecule has 1 aliphatic heterocycles. The molecule has 1 amide bonds. The van der Waals surface area contributed by atoms with Crippen molar-refractivity contribution in [2.45, 2.75) is 45.2 Å². The van der Waals surface area contributed by atoms with E-state index in [0.29, 0.717) is 17.1 Å². The average molecular weight is 408 g/mol. The van der Waals surface area contributed by atoms with E-state index in [1.165, 1.54) is 43.1 Å². The van der Waals surface area contributed by atoms with E-state index in [9.17, 15) is 4.79 Å². The molecule has 2 aromatic carbocycles. The predicted molar refractivity (Wildman–Crippen MR) is 118 cm³/mol. The van der Waals surface area contributed by atoms with Crippen molar-refractivity contribution >= 4 is 28.4 Å². The molecule has 1 saturated carbocycles. The average Bonchev–Trinajstić information content (AvgIpc) is 3.33. The molecule has 5 heteroatoms. The Hall–Kier alpha value is -2.30. The van der Waals surface area contributed by atoms with Gasteiger partial charge in [-0.1, -0.05) is 43.0 Å². The van der Waals surface area contributed by atoms with Crippen molar-refractivity contribution in [2.24, 2.45) is 5.92 Å². The van der Waals surface area contributed by atoms with Crippen LogP contribution >= 0.6 is 11.6 Å². The fourth-order valence-electron chi connectivity index (χ4n) is 4.79. The number of carbonyl (C=O) groups is 1. The molecule has 0 spiro atoms. The van der Waals surface area contributed by atoms with Crippen LogP contribution in [0, 0.1) is 5.92 Å². The van der Waals surface area contributed by atoms with Crippen LogP contribution in [0.15, 0.2) is 36.4 Å². The van der Waals surface area contributed by atoms with Crippen molar-refractivity contribution in [3.63, 3.8) is 0 Å². The minimum Gasteiger partial charge on any atom is -0.355 e. The molecule has 2 heterocycles. The van der Waals surface area contributed by atoms with Crippen LogP contribution in [0.3, 0.4) is 0 Å². The van der Waals surface area contributed by atoms with Crippen LogP contribution in [0.25, 0.3) is 22.2 Å². The lowest BCUT2D eigenvalue weighted by molar-refractivity contribution is 0.0966. The number of hydrogen-bond acceptors (Lipinski definition) is 2. The summed E-state index contributed by atoms with van der Waals surface area (Å²) in [5, 5.41) is 8.34. The number of halogens is 1. The lowest BCUT2D eigenvalue weighted by Crippen LogP contribution is -2.24. The van der Waals surface area contributed by atoms with Crippen molar-refractivity contribution in [3.05, 3.63) is 58.1 Å². The normalized spacial score (nSPS) is 16.9. The first-order valence-corrected chi connectivity index (χ1v) is 11.0. The Morgan fingerprint density at radius 3 is 2.79 bits per heavy atom. The van der Waals surface area contributed by atoms with E-state index in [0.717, 1.165) is 41.3 Å². The number of amides is 1. The van der Waals surface area contributed by atoms with Gasteiger partial charge in [-0.15, -0.1) is 0 Å². The molecule has 0 unspecified atom stereocenters. The fraction of sp³-hybridized carbons (Fsp3) is 0.375. The molecule has 3 aromatic rings. The number of fused-ring (bicyclic) bond motifs is 2. The van der Waals surface area contributed by atoms with E-state index >= 15 is 0 Å². The van der Waals surface area contributed by atoms with Gasteiger partial charge in [-0.05, 0) is 55.1 Å². The number of carbonyl (C=O) groups excluding carboxylic acids is 1. The Morgan fingerprint density at radius 1 is 1.07 bits per heavy atom. The highest BCUT2D eigenvalue weighted by Gasteiger charge is 2.26. The van der Waals surface area contributed by atoms with Crippen LogP contribution in [0.5, 0.6) is 0 Å². The number of benzene rings is 2. The molecule has 4 nitrogen and oxygen atoms in total. The van der Waals surface area contributed by atoms with Crippen LogP contribution in [-0.4, -0.2) is 17.4 Å². The Morgan fingerprint density at radius 2 is 1.93 bits per heavy atom. The van der Waals surface area contributed by atoms with Crippen LogP contribution in [-0.2, 0) is 13.1 Å². The molecular formula is C24H26ClN3O. The molecule has 1 aromatic heterocycles. The Labute approximate surface area is 176 Å². The van der Waals surface area contributed by atoms with Gasteiger partial charge < -0.3 is 15.6 Å². The van der Waals surface area contributed by atoms with Crippen molar-refractivity contribution in [1.82, 2.24) is 15.6 Å². The maximum absolute atomic E-state index is 12.3. The van der Waals surface area contributed by atoms with Gasteiger partial charge in [0.1, 0.15) is 0 Å². The summed E-state index contributed by atoms with van der Waals surface area (Å²) in [5.74, 6) is 0.785. The molecule has 1 aliphatic carbocycles. The largest absolute Gasteiger partial charge is 0.355 e. The summed E-state index contributed by atoms with van der Waals surface area (Å²) in [4.78, 5) is 15.8. The molecule has 0 bridgehead atoms. The van der Waals surface area contributed by atoms with E-state index in [2.05, 4.69) is 39.9 Å². The first-order valence-electron chi connectivity index (χ1n) is 10.6. The number of hydrogen-bond donors (Lipinski definition) is 3. The van der Waals surface area contributed by atoms with Gasteiger partial charge in [-0.25, -0.2) is 0 Å². The smallest absolute Gasteiger partial charge is 0.252 e. The second-order valence-electron chi connectivity index (χ2n) is 8.37. The van der Waals surface area contributed by atoms with Gasteiger partial charge in [-0.2, -0.15) is 0 Å². The van der Waals surface area contributed by atoms with Crippen molar-refractivity contribution in [2.75, 3.05) is 6.54 Å². The summed E-state index contributed by atoms with van der Waals surface area (Å²) in [6.07, 6.45) is 6.91. The molecule has 29 heavy (non-hydrogen) atoms. The third-order valence-electron chi connectivity index (χ3n) is 6.37. The van der Waals surface area contributed by atoms with E-state index in [-0.39, 0.29) is 5.91 Å². The molecule has 2 aliphatic rings. The summed E-state index contributed by atoms with van der Waals surface area (Å²) in [6, 6.07) is 12.5. The predicted octanol–water partition coefficient (Wildman–Crippen LogP) is 5.40. The molecular weight excluding hydrogens is 382 g/mol. The fourth-order valence-corrected chi connectivity index (χ4v) is 5.01. The second-order valence-corrected chi connectivity index (χ2v) is 8.78. The lowest BCUT2D eigenvalue weighted by Gasteiger charge is -2.21. The Kier molecular flexibility index (Phi) is 5.06. The summed E-state index contributed by atoms with van der Waals surface area (Å²) in [6.45, 7) is 2.51. The summed E-state index contributed by atoms with van der Waals surface area (Å²) in [5.41, 5.74) is 5.82. The minimum atomic E-state index is -0.0521. The highest BCUT2D eigenvalue weighted by Crippen LogP contribution is 2.34.